The van der Waals surface area contributed by atoms with Crippen LogP contribution >= 0.6 is 11.3 Å². The number of hydrogen-bond donors (Lipinski definition) is 1. The van der Waals surface area contributed by atoms with E-state index in [4.69, 9.17) is 10.5 Å². The average Bonchev–Trinajstić information content (AvgIpc) is 3.05. The number of fused-ring (bicyclic) bond motifs is 1. The maximum Gasteiger partial charge on any atom is 0.0576 e. The van der Waals surface area contributed by atoms with Gasteiger partial charge >= 0.3 is 0 Å². The van der Waals surface area contributed by atoms with E-state index in [1.807, 2.05) is 11.3 Å². The first-order valence-corrected chi connectivity index (χ1v) is 9.13. The van der Waals surface area contributed by atoms with E-state index in [2.05, 4.69) is 6.07 Å². The summed E-state index contributed by atoms with van der Waals surface area (Å²) in [5, 5.41) is 0. The third-order valence-corrected chi connectivity index (χ3v) is 6.07. The zero-order valence-corrected chi connectivity index (χ0v) is 13.2. The van der Waals surface area contributed by atoms with Gasteiger partial charge in [-0.3, -0.25) is 0 Å². The first kappa shape index (κ1) is 14.6. The van der Waals surface area contributed by atoms with Crippen molar-refractivity contribution in [1.82, 2.24) is 0 Å². The third kappa shape index (κ3) is 3.63. The Hall–Kier alpha value is -0.380. The van der Waals surface area contributed by atoms with Crippen LogP contribution in [-0.4, -0.2) is 12.7 Å². The highest BCUT2D eigenvalue weighted by Gasteiger charge is 2.18. The number of thiophene rings is 1. The SMILES string of the molecule is NC(CCCC1CCCO1)c1cc2c(s1)CCCCC2. The van der Waals surface area contributed by atoms with E-state index in [1.54, 1.807) is 10.4 Å². The predicted octanol–water partition coefficient (Wildman–Crippen LogP) is 4.37. The molecule has 2 atom stereocenters. The lowest BCUT2D eigenvalue weighted by Crippen LogP contribution is -2.11. The molecule has 1 aliphatic heterocycles. The highest BCUT2D eigenvalue weighted by Crippen LogP contribution is 2.33. The molecule has 1 fully saturated rings. The van der Waals surface area contributed by atoms with Crippen LogP contribution in [0, 0.1) is 0 Å². The van der Waals surface area contributed by atoms with Crippen molar-refractivity contribution in [3.8, 4) is 0 Å². The summed E-state index contributed by atoms with van der Waals surface area (Å²) in [6.07, 6.45) is 13.2. The molecule has 0 amide bonds. The molecule has 2 unspecified atom stereocenters. The van der Waals surface area contributed by atoms with E-state index >= 15 is 0 Å². The molecule has 2 heterocycles. The maximum atomic E-state index is 6.40. The van der Waals surface area contributed by atoms with Gasteiger partial charge in [0.1, 0.15) is 0 Å². The lowest BCUT2D eigenvalue weighted by atomic mass is 10.0. The monoisotopic (exact) mass is 293 g/mol. The quantitative estimate of drug-likeness (QED) is 0.818. The van der Waals surface area contributed by atoms with Crippen molar-refractivity contribution < 1.29 is 4.74 Å². The van der Waals surface area contributed by atoms with Crippen molar-refractivity contribution in [1.29, 1.82) is 0 Å². The van der Waals surface area contributed by atoms with Gasteiger partial charge in [-0.05, 0) is 69.4 Å². The molecular formula is C17H27NOS. The van der Waals surface area contributed by atoms with E-state index in [0.29, 0.717) is 6.10 Å². The molecule has 1 aromatic heterocycles. The number of nitrogens with two attached hydrogens (primary N) is 1. The fourth-order valence-corrected chi connectivity index (χ4v) is 4.75. The van der Waals surface area contributed by atoms with Gasteiger partial charge < -0.3 is 10.5 Å². The molecule has 1 aliphatic carbocycles. The largest absolute Gasteiger partial charge is 0.378 e. The minimum Gasteiger partial charge on any atom is -0.378 e. The molecule has 112 valence electrons. The first-order chi connectivity index (χ1) is 9.83. The van der Waals surface area contributed by atoms with Crippen molar-refractivity contribution in [3.63, 3.8) is 0 Å². The van der Waals surface area contributed by atoms with Crippen molar-refractivity contribution in [2.45, 2.75) is 76.4 Å². The Labute approximate surface area is 126 Å². The summed E-state index contributed by atoms with van der Waals surface area (Å²) in [7, 11) is 0. The molecule has 2 nitrogen and oxygen atoms in total. The zero-order chi connectivity index (χ0) is 13.8. The number of hydrogen-bond acceptors (Lipinski definition) is 3. The Kier molecular flexibility index (Phi) is 5.14. The smallest absolute Gasteiger partial charge is 0.0576 e. The number of rotatable bonds is 5. The maximum absolute atomic E-state index is 6.40. The Balaban J connectivity index is 1.50. The van der Waals surface area contributed by atoms with Crippen LogP contribution in [0.15, 0.2) is 6.07 Å². The van der Waals surface area contributed by atoms with Crippen LogP contribution in [0.4, 0.5) is 0 Å². The lowest BCUT2D eigenvalue weighted by Gasteiger charge is -2.12. The first-order valence-electron chi connectivity index (χ1n) is 8.31. The molecular weight excluding hydrogens is 266 g/mol. The van der Waals surface area contributed by atoms with Gasteiger partial charge in [0, 0.05) is 22.4 Å². The molecule has 1 aromatic rings. The minimum atomic E-state index is 0.244. The van der Waals surface area contributed by atoms with Gasteiger partial charge in [-0.2, -0.15) is 0 Å². The summed E-state index contributed by atoms with van der Waals surface area (Å²) < 4.78 is 5.68. The molecule has 3 rings (SSSR count). The molecule has 20 heavy (non-hydrogen) atoms. The normalized spacial score (nSPS) is 24.4. The van der Waals surface area contributed by atoms with Crippen LogP contribution in [0.2, 0.25) is 0 Å². The Bertz CT molecular complexity index is 399. The summed E-state index contributed by atoms with van der Waals surface area (Å²) in [5.74, 6) is 0. The van der Waals surface area contributed by atoms with Gasteiger partial charge in [-0.25, -0.2) is 0 Å². The fourth-order valence-electron chi connectivity index (χ4n) is 3.45. The fraction of sp³-hybridized carbons (Fsp3) is 0.765. The van der Waals surface area contributed by atoms with E-state index < -0.39 is 0 Å². The van der Waals surface area contributed by atoms with Gasteiger partial charge in [0.25, 0.3) is 0 Å². The molecule has 1 saturated heterocycles. The summed E-state index contributed by atoms with van der Waals surface area (Å²) in [5.41, 5.74) is 7.99. The number of ether oxygens (including phenoxy) is 1. The van der Waals surface area contributed by atoms with Crippen molar-refractivity contribution in [2.75, 3.05) is 6.61 Å². The van der Waals surface area contributed by atoms with Gasteiger partial charge in [-0.15, -0.1) is 11.3 Å². The highest BCUT2D eigenvalue weighted by atomic mass is 32.1. The zero-order valence-electron chi connectivity index (χ0n) is 12.4. The molecule has 0 bridgehead atoms. The third-order valence-electron chi connectivity index (χ3n) is 4.70. The van der Waals surface area contributed by atoms with Crippen LogP contribution in [-0.2, 0) is 17.6 Å². The van der Waals surface area contributed by atoms with Gasteiger partial charge in [0.2, 0.25) is 0 Å². The molecule has 0 aromatic carbocycles. The van der Waals surface area contributed by atoms with Crippen LogP contribution in [0.3, 0.4) is 0 Å². The van der Waals surface area contributed by atoms with Crippen LogP contribution in [0.1, 0.15) is 72.7 Å². The average molecular weight is 293 g/mol. The minimum absolute atomic E-state index is 0.244. The molecule has 0 saturated carbocycles. The molecule has 3 heteroatoms. The Morgan fingerprint density at radius 1 is 1.25 bits per heavy atom. The summed E-state index contributed by atoms with van der Waals surface area (Å²) in [4.78, 5) is 3.04. The van der Waals surface area contributed by atoms with Crippen molar-refractivity contribution >= 4 is 11.3 Å². The van der Waals surface area contributed by atoms with Crippen molar-refractivity contribution in [2.24, 2.45) is 5.73 Å². The second-order valence-electron chi connectivity index (χ2n) is 6.33. The topological polar surface area (TPSA) is 35.2 Å². The standard InChI is InChI=1S/C17H27NOS/c18-15(9-4-7-14-8-5-11-19-14)17-12-13-6-2-1-3-10-16(13)20-17/h12,14-15H,1-11,18H2. The highest BCUT2D eigenvalue weighted by molar-refractivity contribution is 7.12. The van der Waals surface area contributed by atoms with Crippen LogP contribution in [0.5, 0.6) is 0 Å². The summed E-state index contributed by atoms with van der Waals surface area (Å²) in [6, 6.07) is 2.65. The molecule has 2 aliphatic rings. The van der Waals surface area contributed by atoms with E-state index in [0.717, 1.165) is 13.0 Å². The van der Waals surface area contributed by atoms with Crippen LogP contribution in [0.25, 0.3) is 0 Å². The van der Waals surface area contributed by atoms with Crippen molar-refractivity contribution in [3.05, 3.63) is 21.4 Å². The Morgan fingerprint density at radius 3 is 3.00 bits per heavy atom. The van der Waals surface area contributed by atoms with Crippen LogP contribution < -0.4 is 5.73 Å². The second kappa shape index (κ2) is 7.06. The molecule has 0 spiro atoms. The van der Waals surface area contributed by atoms with E-state index in [-0.39, 0.29) is 6.04 Å². The predicted molar refractivity (Wildman–Crippen MR) is 85.3 cm³/mol. The second-order valence-corrected chi connectivity index (χ2v) is 7.50. The van der Waals surface area contributed by atoms with Gasteiger partial charge in [0.05, 0.1) is 6.10 Å². The number of aryl methyl sites for hydroxylation is 2. The summed E-state index contributed by atoms with van der Waals surface area (Å²) in [6.45, 7) is 0.967. The molecule has 0 radical (unpaired) electrons. The molecule has 2 N–H and O–H groups in total. The van der Waals surface area contributed by atoms with E-state index in [9.17, 15) is 0 Å². The lowest BCUT2D eigenvalue weighted by molar-refractivity contribution is 0.101. The van der Waals surface area contributed by atoms with E-state index in [1.165, 1.54) is 62.7 Å². The Morgan fingerprint density at radius 2 is 2.15 bits per heavy atom. The van der Waals surface area contributed by atoms with Gasteiger partial charge in [-0.1, -0.05) is 6.42 Å². The van der Waals surface area contributed by atoms with Gasteiger partial charge in [0.15, 0.2) is 0 Å². The summed E-state index contributed by atoms with van der Waals surface area (Å²) >= 11 is 1.98.